The van der Waals surface area contributed by atoms with Gasteiger partial charge in [0, 0.05) is 23.2 Å². The molecule has 1 aromatic carbocycles. The van der Waals surface area contributed by atoms with Crippen LogP contribution in [0.1, 0.15) is 23.4 Å². The zero-order chi connectivity index (χ0) is 14.7. The first-order chi connectivity index (χ1) is 10.2. The Balaban J connectivity index is 1.50. The summed E-state index contributed by atoms with van der Waals surface area (Å²) in [6, 6.07) is 11.0. The van der Waals surface area contributed by atoms with Crippen LogP contribution in [0.5, 0.6) is 0 Å². The van der Waals surface area contributed by atoms with E-state index in [4.69, 9.17) is 0 Å². The third-order valence-corrected chi connectivity index (χ3v) is 5.31. The van der Waals surface area contributed by atoms with Crippen LogP contribution < -0.4 is 5.32 Å². The number of thiophene rings is 1. The number of aryl methyl sites for hydroxylation is 1. The number of nitrogens with zero attached hydrogens (tertiary/aromatic N) is 1. The highest BCUT2D eigenvalue weighted by Gasteiger charge is 2.06. The quantitative estimate of drug-likeness (QED) is 0.524. The molecule has 1 atom stereocenters. The van der Waals surface area contributed by atoms with Crippen molar-refractivity contribution in [3.8, 4) is 0 Å². The molecule has 0 bridgehead atoms. The maximum Gasteiger partial charge on any atom is 0.166 e. The maximum absolute atomic E-state index is 4.60. The molecule has 3 aromatic rings. The standard InChI is InChI=1S/C16H19N3S2/c1-11-5-6-13-14(10-11)19-16(18-13)21-9-7-17-12(2)15-4-3-8-20-15/h3-6,8,10,12,17H,7,9H2,1-2H3,(H,18,19). The smallest absolute Gasteiger partial charge is 0.166 e. The molecule has 0 fully saturated rings. The van der Waals surface area contributed by atoms with Crippen molar-refractivity contribution >= 4 is 34.1 Å². The van der Waals surface area contributed by atoms with Crippen LogP contribution in [-0.4, -0.2) is 22.3 Å². The molecule has 2 N–H and O–H groups in total. The molecule has 2 heterocycles. The number of hydrogen-bond acceptors (Lipinski definition) is 4. The molecule has 0 amide bonds. The second kappa shape index (κ2) is 6.64. The number of thioether (sulfide) groups is 1. The van der Waals surface area contributed by atoms with Gasteiger partial charge in [-0.1, -0.05) is 23.9 Å². The Morgan fingerprint density at radius 3 is 3.10 bits per heavy atom. The largest absolute Gasteiger partial charge is 0.333 e. The van der Waals surface area contributed by atoms with Gasteiger partial charge in [-0.3, -0.25) is 0 Å². The topological polar surface area (TPSA) is 40.7 Å². The van der Waals surface area contributed by atoms with Crippen LogP contribution in [0.25, 0.3) is 11.0 Å². The maximum atomic E-state index is 4.60. The summed E-state index contributed by atoms with van der Waals surface area (Å²) in [7, 11) is 0. The van der Waals surface area contributed by atoms with E-state index in [-0.39, 0.29) is 0 Å². The molecule has 21 heavy (non-hydrogen) atoms. The lowest BCUT2D eigenvalue weighted by atomic mass is 10.2. The monoisotopic (exact) mass is 317 g/mol. The number of fused-ring (bicyclic) bond motifs is 1. The van der Waals surface area contributed by atoms with E-state index in [1.807, 2.05) is 0 Å². The lowest BCUT2D eigenvalue weighted by Gasteiger charge is -2.11. The SMILES string of the molecule is Cc1ccc2nc(SCCNC(C)c3cccs3)[nH]c2c1. The number of imidazole rings is 1. The van der Waals surface area contributed by atoms with Gasteiger partial charge in [-0.05, 0) is 43.0 Å². The molecule has 5 heteroatoms. The number of aromatic amines is 1. The summed E-state index contributed by atoms with van der Waals surface area (Å²) in [5.41, 5.74) is 3.43. The molecule has 0 spiro atoms. The van der Waals surface area contributed by atoms with Crippen LogP contribution in [0.15, 0.2) is 40.9 Å². The van der Waals surface area contributed by atoms with Gasteiger partial charge < -0.3 is 10.3 Å². The van der Waals surface area contributed by atoms with Gasteiger partial charge in [0.2, 0.25) is 0 Å². The highest BCUT2D eigenvalue weighted by atomic mass is 32.2. The molecule has 1 unspecified atom stereocenters. The number of rotatable bonds is 6. The second-order valence-corrected chi connectivity index (χ2v) is 7.17. The van der Waals surface area contributed by atoms with E-state index in [9.17, 15) is 0 Å². The molecule has 0 aliphatic rings. The Bertz CT molecular complexity index is 703. The summed E-state index contributed by atoms with van der Waals surface area (Å²) in [6.45, 7) is 5.28. The fraction of sp³-hybridized carbons (Fsp3) is 0.312. The van der Waals surface area contributed by atoms with E-state index in [1.54, 1.807) is 23.1 Å². The molecular weight excluding hydrogens is 298 g/mol. The van der Waals surface area contributed by atoms with Crippen LogP contribution in [0.4, 0.5) is 0 Å². The van der Waals surface area contributed by atoms with Crippen molar-refractivity contribution in [3.05, 3.63) is 46.2 Å². The Morgan fingerprint density at radius 1 is 1.38 bits per heavy atom. The third kappa shape index (κ3) is 3.67. The summed E-state index contributed by atoms with van der Waals surface area (Å²) >= 11 is 3.57. The minimum atomic E-state index is 0.420. The van der Waals surface area contributed by atoms with Crippen molar-refractivity contribution in [2.45, 2.75) is 25.0 Å². The lowest BCUT2D eigenvalue weighted by molar-refractivity contribution is 0.610. The summed E-state index contributed by atoms with van der Waals surface area (Å²) in [4.78, 5) is 9.37. The minimum Gasteiger partial charge on any atom is -0.333 e. The minimum absolute atomic E-state index is 0.420. The first-order valence-electron chi connectivity index (χ1n) is 7.08. The molecule has 110 valence electrons. The van der Waals surface area contributed by atoms with Gasteiger partial charge in [-0.15, -0.1) is 11.3 Å². The van der Waals surface area contributed by atoms with Crippen molar-refractivity contribution in [1.82, 2.24) is 15.3 Å². The molecule has 3 rings (SSSR count). The van der Waals surface area contributed by atoms with E-state index in [0.717, 1.165) is 28.5 Å². The molecule has 3 nitrogen and oxygen atoms in total. The Kier molecular flexibility index (Phi) is 4.63. The zero-order valence-electron chi connectivity index (χ0n) is 12.2. The van der Waals surface area contributed by atoms with Crippen molar-refractivity contribution in [2.24, 2.45) is 0 Å². The second-order valence-electron chi connectivity index (χ2n) is 5.10. The van der Waals surface area contributed by atoms with E-state index >= 15 is 0 Å². The predicted molar refractivity (Wildman–Crippen MR) is 92.3 cm³/mol. The van der Waals surface area contributed by atoms with Gasteiger partial charge in [-0.25, -0.2) is 4.98 Å². The molecule has 0 saturated heterocycles. The molecular formula is C16H19N3S2. The van der Waals surface area contributed by atoms with E-state index in [1.165, 1.54) is 10.4 Å². The molecule has 2 aromatic heterocycles. The van der Waals surface area contributed by atoms with E-state index in [2.05, 4.69) is 64.8 Å². The number of hydrogen-bond donors (Lipinski definition) is 2. The number of H-pyrrole nitrogens is 1. The molecule has 0 saturated carbocycles. The number of benzene rings is 1. The van der Waals surface area contributed by atoms with E-state index < -0.39 is 0 Å². The average Bonchev–Trinajstić information content (AvgIpc) is 3.11. The van der Waals surface area contributed by atoms with Gasteiger partial charge >= 0.3 is 0 Å². The van der Waals surface area contributed by atoms with Crippen LogP contribution in [-0.2, 0) is 0 Å². The number of aromatic nitrogens is 2. The van der Waals surface area contributed by atoms with Crippen LogP contribution >= 0.6 is 23.1 Å². The van der Waals surface area contributed by atoms with Crippen molar-refractivity contribution < 1.29 is 0 Å². The highest BCUT2D eigenvalue weighted by molar-refractivity contribution is 7.99. The molecule has 0 aliphatic heterocycles. The zero-order valence-corrected chi connectivity index (χ0v) is 13.9. The summed E-state index contributed by atoms with van der Waals surface area (Å²) in [5, 5.41) is 6.67. The summed E-state index contributed by atoms with van der Waals surface area (Å²) in [6.07, 6.45) is 0. The Hall–Kier alpha value is -1.30. The fourth-order valence-corrected chi connectivity index (χ4v) is 3.75. The first-order valence-corrected chi connectivity index (χ1v) is 8.95. The fourth-order valence-electron chi connectivity index (χ4n) is 2.23. The number of nitrogens with one attached hydrogen (secondary N) is 2. The van der Waals surface area contributed by atoms with Crippen molar-refractivity contribution in [2.75, 3.05) is 12.3 Å². The third-order valence-electron chi connectivity index (χ3n) is 3.38. The predicted octanol–water partition coefficient (Wildman–Crippen LogP) is 4.38. The van der Waals surface area contributed by atoms with Gasteiger partial charge in [0.05, 0.1) is 11.0 Å². The van der Waals surface area contributed by atoms with Gasteiger partial charge in [-0.2, -0.15) is 0 Å². The summed E-state index contributed by atoms with van der Waals surface area (Å²) in [5.74, 6) is 1.01. The lowest BCUT2D eigenvalue weighted by Crippen LogP contribution is -2.20. The first kappa shape index (κ1) is 14.6. The van der Waals surface area contributed by atoms with E-state index in [0.29, 0.717) is 6.04 Å². The Labute approximate surface area is 133 Å². The normalized spacial score (nSPS) is 12.9. The van der Waals surface area contributed by atoms with Crippen molar-refractivity contribution in [3.63, 3.8) is 0 Å². The molecule has 0 aliphatic carbocycles. The van der Waals surface area contributed by atoms with Gasteiger partial charge in [0.1, 0.15) is 0 Å². The van der Waals surface area contributed by atoms with Crippen molar-refractivity contribution in [1.29, 1.82) is 0 Å². The summed E-state index contributed by atoms with van der Waals surface area (Å²) < 4.78 is 0. The Morgan fingerprint density at radius 2 is 2.29 bits per heavy atom. The van der Waals surface area contributed by atoms with Crippen LogP contribution in [0.3, 0.4) is 0 Å². The van der Waals surface area contributed by atoms with Gasteiger partial charge in [0.15, 0.2) is 5.16 Å². The average molecular weight is 317 g/mol. The van der Waals surface area contributed by atoms with Crippen LogP contribution in [0, 0.1) is 6.92 Å². The van der Waals surface area contributed by atoms with Crippen LogP contribution in [0.2, 0.25) is 0 Å². The van der Waals surface area contributed by atoms with Gasteiger partial charge in [0.25, 0.3) is 0 Å². The highest BCUT2D eigenvalue weighted by Crippen LogP contribution is 2.21. The molecule has 0 radical (unpaired) electrons.